The third-order valence-electron chi connectivity index (χ3n) is 3.43. The van der Waals surface area contributed by atoms with Gasteiger partial charge in [-0.15, -0.1) is 11.8 Å². The predicted molar refractivity (Wildman–Crippen MR) is 89.4 cm³/mol. The van der Waals surface area contributed by atoms with E-state index in [2.05, 4.69) is 11.9 Å². The lowest BCUT2D eigenvalue weighted by Crippen LogP contribution is -2.45. The minimum Gasteiger partial charge on any atom is -0.495 e. The van der Waals surface area contributed by atoms with Crippen LogP contribution in [0.5, 0.6) is 5.75 Å². The molecule has 1 aromatic rings. The molecule has 0 spiro atoms. The zero-order chi connectivity index (χ0) is 16.8. The Kier molecular flexibility index (Phi) is 5.66. The summed E-state index contributed by atoms with van der Waals surface area (Å²) in [6, 6.07) is 6.90. The molecule has 0 saturated carbocycles. The lowest BCUT2D eigenvalue weighted by molar-refractivity contribution is -0.126. The molecule has 23 heavy (non-hydrogen) atoms. The number of hydrogen-bond donors (Lipinski definition) is 1. The Labute approximate surface area is 139 Å². The summed E-state index contributed by atoms with van der Waals surface area (Å²) in [7, 11) is 1.48. The topological polar surface area (TPSA) is 82.4 Å². The van der Waals surface area contributed by atoms with E-state index in [4.69, 9.17) is 10.00 Å². The number of amides is 2. The number of rotatable bonds is 4. The van der Waals surface area contributed by atoms with Crippen LogP contribution in [0.25, 0.3) is 0 Å². The van der Waals surface area contributed by atoms with Gasteiger partial charge in [-0.3, -0.25) is 9.59 Å². The van der Waals surface area contributed by atoms with Crippen LogP contribution in [0.3, 0.4) is 0 Å². The van der Waals surface area contributed by atoms with Gasteiger partial charge in [0.05, 0.1) is 12.7 Å². The summed E-state index contributed by atoms with van der Waals surface area (Å²) in [6.45, 7) is 4.43. The monoisotopic (exact) mass is 331 g/mol. The van der Waals surface area contributed by atoms with E-state index in [1.807, 2.05) is 6.07 Å². The Morgan fingerprint density at radius 1 is 1.57 bits per heavy atom. The van der Waals surface area contributed by atoms with E-state index in [1.165, 1.54) is 24.9 Å². The molecule has 1 aliphatic heterocycles. The maximum atomic E-state index is 12.4. The van der Waals surface area contributed by atoms with E-state index >= 15 is 0 Å². The molecule has 1 fully saturated rings. The number of ether oxygens (including phenoxy) is 1. The summed E-state index contributed by atoms with van der Waals surface area (Å²) < 4.78 is 5.07. The number of thioether (sulfide) groups is 1. The average Bonchev–Trinajstić information content (AvgIpc) is 2.60. The maximum absolute atomic E-state index is 12.4. The van der Waals surface area contributed by atoms with E-state index in [0.717, 1.165) is 0 Å². The Morgan fingerprint density at radius 3 is 3.00 bits per heavy atom. The first kappa shape index (κ1) is 16.9. The van der Waals surface area contributed by atoms with Gasteiger partial charge in [0.2, 0.25) is 11.8 Å². The van der Waals surface area contributed by atoms with Crippen LogP contribution in [0.4, 0.5) is 5.69 Å². The molecule has 120 valence electrons. The first-order valence-corrected chi connectivity index (χ1v) is 8.06. The number of benzene rings is 1. The van der Waals surface area contributed by atoms with Gasteiger partial charge in [-0.05, 0) is 24.3 Å². The first-order valence-electron chi connectivity index (χ1n) is 7.01. The summed E-state index contributed by atoms with van der Waals surface area (Å²) >= 11 is 1.51. The average molecular weight is 331 g/mol. The summed E-state index contributed by atoms with van der Waals surface area (Å²) in [5.74, 6) is 0.800. The Balaban J connectivity index is 2.05. The first-order chi connectivity index (χ1) is 11.1. The molecular weight excluding hydrogens is 314 g/mol. The fraction of sp³-hybridized carbons (Fsp3) is 0.312. The van der Waals surface area contributed by atoms with Crippen molar-refractivity contribution in [3.8, 4) is 11.8 Å². The number of nitrogens with one attached hydrogen (secondary N) is 1. The second-order valence-electron chi connectivity index (χ2n) is 4.86. The van der Waals surface area contributed by atoms with Crippen LogP contribution in [0.15, 0.2) is 30.9 Å². The van der Waals surface area contributed by atoms with Crippen molar-refractivity contribution >= 4 is 29.3 Å². The van der Waals surface area contributed by atoms with Crippen molar-refractivity contribution in [2.75, 3.05) is 31.3 Å². The van der Waals surface area contributed by atoms with Gasteiger partial charge in [-0.2, -0.15) is 5.26 Å². The van der Waals surface area contributed by atoms with E-state index in [0.29, 0.717) is 35.8 Å². The maximum Gasteiger partial charge on any atom is 0.246 e. The standard InChI is InChI=1S/C16H17N3O3S/c1-3-15(20)19-6-7-23-14(10-19)16(21)18-12-4-5-13(22-2)11(8-12)9-17/h3-5,8,14H,1,6-7,10H2,2H3,(H,18,21). The van der Waals surface area contributed by atoms with Gasteiger partial charge in [0, 0.05) is 24.5 Å². The van der Waals surface area contributed by atoms with Gasteiger partial charge in [0.25, 0.3) is 0 Å². The molecule has 2 rings (SSSR count). The Morgan fingerprint density at radius 2 is 2.35 bits per heavy atom. The van der Waals surface area contributed by atoms with Gasteiger partial charge in [-0.1, -0.05) is 6.58 Å². The SMILES string of the molecule is C=CC(=O)N1CCSC(C(=O)Nc2ccc(OC)c(C#N)c2)C1. The summed E-state index contributed by atoms with van der Waals surface area (Å²) in [5, 5.41) is 11.5. The summed E-state index contributed by atoms with van der Waals surface area (Å²) in [5.41, 5.74) is 0.880. The van der Waals surface area contributed by atoms with Gasteiger partial charge >= 0.3 is 0 Å². The minimum absolute atomic E-state index is 0.167. The molecule has 1 heterocycles. The van der Waals surface area contributed by atoms with Crippen molar-refractivity contribution in [2.45, 2.75) is 5.25 Å². The van der Waals surface area contributed by atoms with Gasteiger partial charge in [0.15, 0.2) is 0 Å². The van der Waals surface area contributed by atoms with Crippen molar-refractivity contribution in [1.29, 1.82) is 5.26 Å². The Hall–Kier alpha value is -2.46. The smallest absolute Gasteiger partial charge is 0.246 e. The van der Waals surface area contributed by atoms with E-state index in [1.54, 1.807) is 23.1 Å². The van der Waals surface area contributed by atoms with E-state index in [-0.39, 0.29) is 17.1 Å². The normalized spacial score (nSPS) is 17.0. The number of nitriles is 1. The highest BCUT2D eigenvalue weighted by atomic mass is 32.2. The van der Waals surface area contributed by atoms with E-state index < -0.39 is 0 Å². The molecule has 1 aliphatic rings. The van der Waals surface area contributed by atoms with Crippen LogP contribution in [-0.2, 0) is 9.59 Å². The zero-order valence-electron chi connectivity index (χ0n) is 12.7. The highest BCUT2D eigenvalue weighted by Gasteiger charge is 2.28. The van der Waals surface area contributed by atoms with Crippen LogP contribution < -0.4 is 10.1 Å². The van der Waals surface area contributed by atoms with Gasteiger partial charge in [-0.25, -0.2) is 0 Å². The molecule has 1 N–H and O–H groups in total. The fourth-order valence-corrected chi connectivity index (χ4v) is 3.34. The molecule has 1 atom stereocenters. The zero-order valence-corrected chi connectivity index (χ0v) is 13.6. The number of carbonyl (C=O) groups is 2. The van der Waals surface area contributed by atoms with Crippen LogP contribution in [-0.4, -0.2) is 47.9 Å². The minimum atomic E-state index is -0.347. The summed E-state index contributed by atoms with van der Waals surface area (Å²) in [4.78, 5) is 25.6. The van der Waals surface area contributed by atoms with Crippen molar-refractivity contribution in [2.24, 2.45) is 0 Å². The number of anilines is 1. The van der Waals surface area contributed by atoms with E-state index in [9.17, 15) is 9.59 Å². The van der Waals surface area contributed by atoms with Crippen LogP contribution >= 0.6 is 11.8 Å². The lowest BCUT2D eigenvalue weighted by Gasteiger charge is -2.30. The van der Waals surface area contributed by atoms with Gasteiger partial charge in [0.1, 0.15) is 17.1 Å². The lowest BCUT2D eigenvalue weighted by atomic mass is 10.2. The second-order valence-corrected chi connectivity index (χ2v) is 6.17. The molecular formula is C16H17N3O3S. The van der Waals surface area contributed by atoms with Crippen molar-refractivity contribution in [3.63, 3.8) is 0 Å². The highest BCUT2D eigenvalue weighted by molar-refractivity contribution is 8.00. The number of methoxy groups -OCH3 is 1. The molecule has 1 saturated heterocycles. The Bertz CT molecular complexity index is 669. The van der Waals surface area contributed by atoms with Crippen molar-refractivity contribution < 1.29 is 14.3 Å². The molecule has 7 heteroatoms. The molecule has 0 bridgehead atoms. The largest absolute Gasteiger partial charge is 0.495 e. The number of carbonyl (C=O) groups excluding carboxylic acids is 2. The number of hydrogen-bond acceptors (Lipinski definition) is 5. The fourth-order valence-electron chi connectivity index (χ4n) is 2.23. The predicted octanol–water partition coefficient (Wildman–Crippen LogP) is 1.64. The molecule has 1 unspecified atom stereocenters. The molecule has 2 amide bonds. The van der Waals surface area contributed by atoms with Crippen LogP contribution in [0.2, 0.25) is 0 Å². The van der Waals surface area contributed by atoms with Crippen LogP contribution in [0.1, 0.15) is 5.56 Å². The molecule has 6 nitrogen and oxygen atoms in total. The van der Waals surface area contributed by atoms with Crippen molar-refractivity contribution in [3.05, 3.63) is 36.4 Å². The third-order valence-corrected chi connectivity index (χ3v) is 4.62. The second kappa shape index (κ2) is 7.70. The van der Waals surface area contributed by atoms with Crippen molar-refractivity contribution in [1.82, 2.24) is 4.90 Å². The number of nitrogens with zero attached hydrogens (tertiary/aromatic N) is 2. The molecule has 0 radical (unpaired) electrons. The van der Waals surface area contributed by atoms with Crippen LogP contribution in [0, 0.1) is 11.3 Å². The highest BCUT2D eigenvalue weighted by Crippen LogP contribution is 2.24. The molecule has 1 aromatic carbocycles. The quantitative estimate of drug-likeness (QED) is 0.848. The third kappa shape index (κ3) is 4.05. The summed E-state index contributed by atoms with van der Waals surface area (Å²) in [6.07, 6.45) is 1.26. The molecule has 0 aromatic heterocycles. The molecule has 0 aliphatic carbocycles. The van der Waals surface area contributed by atoms with Gasteiger partial charge < -0.3 is 15.0 Å².